The van der Waals surface area contributed by atoms with Gasteiger partial charge in [0.1, 0.15) is 11.4 Å². The average Bonchev–Trinajstić information content (AvgIpc) is 3.21. The Labute approximate surface area is 316 Å². The highest BCUT2D eigenvalue weighted by Crippen LogP contribution is 2.35. The summed E-state index contributed by atoms with van der Waals surface area (Å²) in [4.78, 5) is 59.4. The number of rotatable bonds is 9. The lowest BCUT2D eigenvalue weighted by molar-refractivity contribution is -0.159. The van der Waals surface area contributed by atoms with Crippen LogP contribution in [-0.4, -0.2) is 125 Å². The predicted molar refractivity (Wildman–Crippen MR) is 203 cm³/mol. The highest BCUT2D eigenvalue weighted by molar-refractivity contribution is 6.00. The number of benzene rings is 2. The predicted octanol–water partition coefficient (Wildman–Crippen LogP) is 3.68. The van der Waals surface area contributed by atoms with Gasteiger partial charge in [0.2, 0.25) is 17.7 Å². The van der Waals surface area contributed by atoms with Crippen LogP contribution in [0.2, 0.25) is 0 Å². The Bertz CT molecular complexity index is 1830. The molecule has 286 valence electrons. The van der Waals surface area contributed by atoms with Crippen molar-refractivity contribution in [3.63, 3.8) is 0 Å². The van der Waals surface area contributed by atoms with E-state index < -0.39 is 5.60 Å². The molecule has 4 aliphatic rings. The number of anilines is 1. The molecule has 2 N–H and O–H groups in total. The summed E-state index contributed by atoms with van der Waals surface area (Å²) in [7, 11) is 3.49. The van der Waals surface area contributed by atoms with Crippen LogP contribution in [0.1, 0.15) is 74.3 Å². The molecule has 5 heterocycles. The lowest BCUT2D eigenvalue weighted by atomic mass is 9.86. The number of nitrogens with zero attached hydrogens (tertiary/aromatic N) is 6. The van der Waals surface area contributed by atoms with Gasteiger partial charge in [-0.3, -0.25) is 29.4 Å². The molecule has 0 spiro atoms. The summed E-state index contributed by atoms with van der Waals surface area (Å²) in [6, 6.07) is 17.3. The molecule has 4 aliphatic heterocycles. The molecular weight excluding hydrogens is 686 g/mol. The molecule has 2 aromatic carbocycles. The van der Waals surface area contributed by atoms with E-state index in [0.717, 1.165) is 50.0 Å². The molecule has 0 radical (unpaired) electrons. The number of amides is 4. The number of aromatic hydroxyl groups is 1. The zero-order chi connectivity index (χ0) is 37.8. The van der Waals surface area contributed by atoms with E-state index in [1.165, 1.54) is 5.56 Å². The molecule has 4 saturated heterocycles. The first-order valence-corrected chi connectivity index (χ1v) is 19.3. The number of carbonyl (C=O) groups is 4. The number of piperidine rings is 4. The Morgan fingerprint density at radius 2 is 1.61 bits per heavy atom. The average molecular weight is 738 g/mol. The Hall–Kier alpha value is -4.88. The molecule has 0 bridgehead atoms. The van der Waals surface area contributed by atoms with Gasteiger partial charge in [0.15, 0.2) is 0 Å². The minimum atomic E-state index is -0.916. The molecule has 0 aliphatic carbocycles. The third-order valence-electron chi connectivity index (χ3n) is 12.2. The number of hydrogen-bond donors (Lipinski definition) is 2. The van der Waals surface area contributed by atoms with Gasteiger partial charge in [-0.25, -0.2) is 0 Å². The molecule has 13 heteroatoms. The molecule has 54 heavy (non-hydrogen) atoms. The normalized spacial score (nSPS) is 21.5. The van der Waals surface area contributed by atoms with Gasteiger partial charge < -0.3 is 24.5 Å². The molecule has 4 amide bonds. The standard InChI is InChI=1S/C41H51N7O6/c1-45(40(53)41(54-2)17-23-47(24-18-41)32-25-35(44-42-26-32)34-5-3-4-6-36(34)49)31-15-21-48(22-16-31)38(51)27-46-19-13-29(14-20-46)28-7-9-30(10-8-28)33-11-12-37(50)43-39(33)52/h3-10,25-26,29,31,33,49H,11-24,27H2,1-2H3,(H,43,50,52). The molecular formula is C41H51N7O6. The summed E-state index contributed by atoms with van der Waals surface area (Å²) in [5.41, 5.74) is 3.38. The number of likely N-dealkylation sites (tertiary alicyclic amines) is 2. The van der Waals surface area contributed by atoms with Gasteiger partial charge in [0.05, 0.1) is 30.0 Å². The molecule has 1 unspecified atom stereocenters. The highest BCUT2D eigenvalue weighted by Gasteiger charge is 2.45. The highest BCUT2D eigenvalue weighted by atomic mass is 16.5. The minimum Gasteiger partial charge on any atom is -0.507 e. The largest absolute Gasteiger partial charge is 0.507 e. The van der Waals surface area contributed by atoms with Crippen LogP contribution in [0.3, 0.4) is 0 Å². The first kappa shape index (κ1) is 37.4. The van der Waals surface area contributed by atoms with E-state index in [9.17, 15) is 24.3 Å². The van der Waals surface area contributed by atoms with E-state index in [1.807, 2.05) is 47.2 Å². The van der Waals surface area contributed by atoms with E-state index >= 15 is 0 Å². The van der Waals surface area contributed by atoms with Crippen LogP contribution < -0.4 is 10.2 Å². The number of methoxy groups -OCH3 is 1. The van der Waals surface area contributed by atoms with Gasteiger partial charge in [0, 0.05) is 71.2 Å². The zero-order valence-corrected chi connectivity index (χ0v) is 31.3. The number of likely N-dealkylation sites (N-methyl/N-ethyl adjacent to an activating group) is 1. The first-order valence-electron chi connectivity index (χ1n) is 19.3. The van der Waals surface area contributed by atoms with Crippen LogP contribution >= 0.6 is 0 Å². The van der Waals surface area contributed by atoms with Crippen molar-refractivity contribution in [2.75, 3.05) is 64.9 Å². The lowest BCUT2D eigenvalue weighted by Crippen LogP contribution is -2.58. The number of phenolic OH excluding ortho intramolecular Hbond substituents is 1. The third kappa shape index (κ3) is 7.97. The van der Waals surface area contributed by atoms with Crippen LogP contribution in [0.5, 0.6) is 5.75 Å². The second-order valence-corrected chi connectivity index (χ2v) is 15.3. The van der Waals surface area contributed by atoms with Gasteiger partial charge >= 0.3 is 0 Å². The summed E-state index contributed by atoms with van der Waals surface area (Å²) in [6.07, 6.45) is 7.10. The third-order valence-corrected chi connectivity index (χ3v) is 12.2. The van der Waals surface area contributed by atoms with Crippen molar-refractivity contribution < 1.29 is 29.0 Å². The van der Waals surface area contributed by atoms with Crippen LogP contribution in [0.15, 0.2) is 60.8 Å². The number of nitrogens with one attached hydrogen (secondary N) is 1. The van der Waals surface area contributed by atoms with Crippen LogP contribution in [0.4, 0.5) is 5.69 Å². The van der Waals surface area contributed by atoms with E-state index in [-0.39, 0.29) is 41.3 Å². The molecule has 1 aromatic heterocycles. The van der Waals surface area contributed by atoms with Crippen molar-refractivity contribution in [1.82, 2.24) is 30.2 Å². The van der Waals surface area contributed by atoms with E-state index in [4.69, 9.17) is 4.74 Å². The van der Waals surface area contributed by atoms with Crippen molar-refractivity contribution in [1.29, 1.82) is 0 Å². The first-order chi connectivity index (χ1) is 26.1. The fraction of sp³-hybridized carbons (Fsp3) is 0.512. The van der Waals surface area contributed by atoms with Gasteiger partial charge in [0.25, 0.3) is 5.91 Å². The van der Waals surface area contributed by atoms with Crippen molar-refractivity contribution in [3.8, 4) is 17.0 Å². The lowest BCUT2D eigenvalue weighted by Gasteiger charge is -2.45. The van der Waals surface area contributed by atoms with E-state index in [0.29, 0.717) is 75.6 Å². The Morgan fingerprint density at radius 3 is 2.28 bits per heavy atom. The summed E-state index contributed by atoms with van der Waals surface area (Å²) >= 11 is 0. The zero-order valence-electron chi connectivity index (χ0n) is 31.3. The maximum absolute atomic E-state index is 14.0. The summed E-state index contributed by atoms with van der Waals surface area (Å²) in [5.74, 6) is 0.0125. The number of para-hydroxylation sites is 1. The second-order valence-electron chi connectivity index (χ2n) is 15.3. The number of phenols is 1. The number of carbonyl (C=O) groups excluding carboxylic acids is 4. The SMILES string of the molecule is COC1(C(=O)N(C)C2CCN(C(=O)CN3CCC(c4ccc(C5CCC(=O)NC5=O)cc4)CC3)CC2)CCN(c2cnnc(-c3ccccc3O)c2)CC1. The smallest absolute Gasteiger partial charge is 0.254 e. The van der Waals surface area contributed by atoms with Crippen molar-refractivity contribution in [2.24, 2.45) is 0 Å². The molecule has 3 aromatic rings. The van der Waals surface area contributed by atoms with E-state index in [2.05, 4.69) is 37.4 Å². The van der Waals surface area contributed by atoms with Crippen molar-refractivity contribution in [3.05, 3.63) is 71.9 Å². The fourth-order valence-corrected chi connectivity index (χ4v) is 8.70. The van der Waals surface area contributed by atoms with Crippen molar-refractivity contribution in [2.45, 2.75) is 74.8 Å². The molecule has 7 rings (SSSR count). The summed E-state index contributed by atoms with van der Waals surface area (Å²) < 4.78 is 5.99. The number of hydrogen-bond acceptors (Lipinski definition) is 10. The second kappa shape index (κ2) is 16.2. The van der Waals surface area contributed by atoms with Crippen LogP contribution in [-0.2, 0) is 23.9 Å². The fourth-order valence-electron chi connectivity index (χ4n) is 8.70. The quantitative estimate of drug-likeness (QED) is 0.312. The van der Waals surface area contributed by atoms with Gasteiger partial charge in [-0.2, -0.15) is 10.2 Å². The maximum atomic E-state index is 14.0. The van der Waals surface area contributed by atoms with Gasteiger partial charge in [-0.15, -0.1) is 0 Å². The molecule has 0 saturated carbocycles. The molecule has 13 nitrogen and oxygen atoms in total. The van der Waals surface area contributed by atoms with Gasteiger partial charge in [-0.1, -0.05) is 36.4 Å². The summed E-state index contributed by atoms with van der Waals surface area (Å²) in [6.45, 7) is 4.58. The van der Waals surface area contributed by atoms with Crippen molar-refractivity contribution >= 4 is 29.3 Å². The van der Waals surface area contributed by atoms with E-state index in [1.54, 1.807) is 25.4 Å². The van der Waals surface area contributed by atoms with Crippen LogP contribution in [0, 0.1) is 0 Å². The number of ether oxygens (including phenoxy) is 1. The maximum Gasteiger partial charge on any atom is 0.254 e. The Kier molecular flexibility index (Phi) is 11.3. The monoisotopic (exact) mass is 737 g/mol. The van der Waals surface area contributed by atoms with Crippen LogP contribution in [0.25, 0.3) is 11.3 Å². The topological polar surface area (TPSA) is 149 Å². The Morgan fingerprint density at radius 1 is 0.926 bits per heavy atom. The molecule has 1 atom stereocenters. The number of aromatic nitrogens is 2. The number of imide groups is 1. The summed E-state index contributed by atoms with van der Waals surface area (Å²) in [5, 5.41) is 21.2. The van der Waals surface area contributed by atoms with Gasteiger partial charge in [-0.05, 0) is 80.4 Å². The minimum absolute atomic E-state index is 0.00865. The molecule has 4 fully saturated rings. The Balaban J connectivity index is 0.854.